The quantitative estimate of drug-likeness (QED) is 0.132. The monoisotopic (exact) mass is 834 g/mol. The maximum atomic E-state index is 13.2. The van der Waals surface area contributed by atoms with Crippen LogP contribution in [0.2, 0.25) is 20.1 Å². The van der Waals surface area contributed by atoms with Crippen LogP contribution in [0.15, 0.2) is 97.1 Å². The number of amides is 2. The maximum absolute atomic E-state index is 13.2. The second kappa shape index (κ2) is 18.2. The van der Waals surface area contributed by atoms with E-state index in [2.05, 4.69) is 0 Å². The van der Waals surface area contributed by atoms with Crippen molar-refractivity contribution in [3.63, 3.8) is 0 Å². The molecule has 2 saturated carbocycles. The van der Waals surface area contributed by atoms with Crippen molar-refractivity contribution in [3.05, 3.63) is 139 Å². The van der Waals surface area contributed by atoms with Gasteiger partial charge in [0.25, 0.3) is 11.8 Å². The van der Waals surface area contributed by atoms with Gasteiger partial charge in [-0.05, 0) is 108 Å². The highest BCUT2D eigenvalue weighted by Gasteiger charge is 2.47. The minimum atomic E-state index is -0.774. The largest absolute Gasteiger partial charge is 0.357 e. The van der Waals surface area contributed by atoms with Crippen molar-refractivity contribution >= 4 is 70.8 Å². The number of aldehydes is 2. The molecule has 8 nitrogen and oxygen atoms in total. The number of ether oxygens (including phenoxy) is 2. The van der Waals surface area contributed by atoms with Crippen LogP contribution in [-0.2, 0) is 28.7 Å². The predicted molar refractivity (Wildman–Crippen MR) is 217 cm³/mol. The van der Waals surface area contributed by atoms with E-state index in [0.29, 0.717) is 45.0 Å². The Balaban J connectivity index is 0.000000172. The fourth-order valence-electron chi connectivity index (χ4n) is 7.56. The van der Waals surface area contributed by atoms with Crippen molar-refractivity contribution in [3.8, 4) is 0 Å². The van der Waals surface area contributed by atoms with Gasteiger partial charge in [-0.15, -0.1) is 0 Å². The van der Waals surface area contributed by atoms with Gasteiger partial charge < -0.3 is 28.9 Å². The number of halogens is 4. The summed E-state index contributed by atoms with van der Waals surface area (Å²) >= 11 is 24.6. The Bertz CT molecular complexity index is 1880. The Morgan fingerprint density at radius 3 is 1.21 bits per heavy atom. The standard InChI is InChI=1S/2C22H21Cl2NO3/c2*23-17-8-6-15(7-9-17)20-21(16-2-1-3-18(24)12-16)28-19(10-11-26)22(27)25(20)13-14-4-5-14/h2*1-3,6-9,11-12,14,19-21H,4-5,10,13H2/t2*19-,20+,21-/m10/s1. The van der Waals surface area contributed by atoms with Gasteiger partial charge in [0, 0.05) is 46.0 Å². The Kier molecular flexibility index (Phi) is 13.2. The lowest BCUT2D eigenvalue weighted by molar-refractivity contribution is -0.176. The summed E-state index contributed by atoms with van der Waals surface area (Å²) in [6.07, 6.45) is 3.70. The molecular formula is C44H42Cl4N2O6. The average Bonchev–Trinajstić information content (AvgIpc) is 4.14. The Morgan fingerprint density at radius 1 is 0.518 bits per heavy atom. The lowest BCUT2D eigenvalue weighted by Gasteiger charge is -2.44. The van der Waals surface area contributed by atoms with Crippen molar-refractivity contribution in [1.29, 1.82) is 0 Å². The molecule has 56 heavy (non-hydrogen) atoms. The highest BCUT2D eigenvalue weighted by molar-refractivity contribution is 6.31. The Labute approximate surface area is 346 Å². The van der Waals surface area contributed by atoms with E-state index >= 15 is 0 Å². The van der Waals surface area contributed by atoms with Gasteiger partial charge in [-0.3, -0.25) is 9.59 Å². The summed E-state index contributed by atoms with van der Waals surface area (Å²) in [6, 6.07) is 29.4. The van der Waals surface area contributed by atoms with Crippen LogP contribution in [0.1, 0.15) is 85.1 Å². The van der Waals surface area contributed by atoms with E-state index < -0.39 is 24.4 Å². The number of hydrogen-bond donors (Lipinski definition) is 0. The van der Waals surface area contributed by atoms with Gasteiger partial charge in [0.15, 0.2) is 0 Å². The molecule has 12 heteroatoms. The first kappa shape index (κ1) is 40.4. The molecule has 0 unspecified atom stereocenters. The molecule has 0 aromatic heterocycles. The van der Waals surface area contributed by atoms with Crippen molar-refractivity contribution in [2.75, 3.05) is 13.1 Å². The molecule has 2 aliphatic heterocycles. The Morgan fingerprint density at radius 2 is 0.893 bits per heavy atom. The fourth-order valence-corrected chi connectivity index (χ4v) is 8.21. The molecule has 2 heterocycles. The van der Waals surface area contributed by atoms with Gasteiger partial charge in [0.05, 0.1) is 12.1 Å². The van der Waals surface area contributed by atoms with E-state index in [-0.39, 0.29) is 36.7 Å². The summed E-state index contributed by atoms with van der Waals surface area (Å²) in [6.45, 7) is 1.34. The second-order valence-electron chi connectivity index (χ2n) is 14.9. The van der Waals surface area contributed by atoms with Crippen molar-refractivity contribution in [1.82, 2.24) is 9.80 Å². The van der Waals surface area contributed by atoms with Crippen molar-refractivity contribution < 1.29 is 28.7 Å². The van der Waals surface area contributed by atoms with Crippen LogP contribution < -0.4 is 0 Å². The lowest BCUT2D eigenvalue weighted by Crippen LogP contribution is -2.51. The zero-order chi connectivity index (χ0) is 39.3. The summed E-state index contributed by atoms with van der Waals surface area (Å²) in [5.74, 6) is 0.761. The van der Waals surface area contributed by atoms with Gasteiger partial charge >= 0.3 is 0 Å². The third-order valence-corrected chi connectivity index (χ3v) is 11.7. The number of benzene rings is 4. The molecule has 4 aromatic carbocycles. The first-order valence-electron chi connectivity index (χ1n) is 18.9. The van der Waals surface area contributed by atoms with Gasteiger partial charge in [0.2, 0.25) is 0 Å². The van der Waals surface area contributed by atoms with E-state index in [4.69, 9.17) is 55.9 Å². The van der Waals surface area contributed by atoms with Crippen LogP contribution in [0.4, 0.5) is 0 Å². The van der Waals surface area contributed by atoms with E-state index in [0.717, 1.165) is 60.5 Å². The van der Waals surface area contributed by atoms with Crippen molar-refractivity contribution in [2.24, 2.45) is 11.8 Å². The molecule has 4 fully saturated rings. The lowest BCUT2D eigenvalue weighted by atomic mass is 9.91. The number of carbonyl (C=O) groups excluding carboxylic acids is 4. The summed E-state index contributed by atoms with van der Waals surface area (Å²) in [7, 11) is 0. The third kappa shape index (κ3) is 9.67. The van der Waals surface area contributed by atoms with Crippen LogP contribution in [0, 0.1) is 11.8 Å². The van der Waals surface area contributed by atoms with Crippen LogP contribution in [0.25, 0.3) is 0 Å². The molecule has 6 atom stereocenters. The highest BCUT2D eigenvalue weighted by Crippen LogP contribution is 2.47. The topological polar surface area (TPSA) is 93.2 Å². The minimum absolute atomic E-state index is 0.0460. The molecule has 2 amide bonds. The number of rotatable bonds is 12. The molecule has 0 radical (unpaired) electrons. The molecule has 2 aliphatic carbocycles. The molecule has 8 rings (SSSR count). The molecule has 4 aromatic rings. The summed E-state index contributed by atoms with van der Waals surface area (Å²) < 4.78 is 12.4. The minimum Gasteiger partial charge on any atom is -0.357 e. The van der Waals surface area contributed by atoms with Crippen molar-refractivity contribution in [2.45, 2.75) is 75.0 Å². The first-order chi connectivity index (χ1) is 27.1. The molecule has 0 bridgehead atoms. The zero-order valence-electron chi connectivity index (χ0n) is 30.5. The van der Waals surface area contributed by atoms with Gasteiger partial charge in [-0.1, -0.05) is 94.9 Å². The van der Waals surface area contributed by atoms with Gasteiger partial charge in [0.1, 0.15) is 37.0 Å². The SMILES string of the molecule is O=CC[C@@H]1O[C@@H](c2cccc(Cl)c2)[C@@H](c2ccc(Cl)cc2)N(CC2CC2)C1=O.O=CC[C@H]1O[C@H](c2cccc(Cl)c2)[C@H](c2ccc(Cl)cc2)N(CC2CC2)C1=O. The van der Waals surface area contributed by atoms with Crippen LogP contribution >= 0.6 is 46.4 Å². The van der Waals surface area contributed by atoms with E-state index in [9.17, 15) is 19.2 Å². The number of hydrogen-bond acceptors (Lipinski definition) is 6. The van der Waals surface area contributed by atoms with Crippen LogP contribution in [0.5, 0.6) is 0 Å². The maximum Gasteiger partial charge on any atom is 0.252 e. The second-order valence-corrected chi connectivity index (χ2v) is 16.6. The number of morpholine rings is 2. The molecular weight excluding hydrogens is 794 g/mol. The van der Waals surface area contributed by atoms with E-state index in [1.165, 1.54) is 0 Å². The highest BCUT2D eigenvalue weighted by atomic mass is 35.5. The molecule has 2 saturated heterocycles. The number of carbonyl (C=O) groups is 4. The van der Waals surface area contributed by atoms with Crippen LogP contribution in [0.3, 0.4) is 0 Å². The molecule has 4 aliphatic rings. The zero-order valence-corrected chi connectivity index (χ0v) is 33.5. The third-order valence-electron chi connectivity index (χ3n) is 10.7. The summed E-state index contributed by atoms with van der Waals surface area (Å²) in [5.41, 5.74) is 3.68. The number of nitrogens with zero attached hydrogens (tertiary/aromatic N) is 2. The first-order valence-corrected chi connectivity index (χ1v) is 20.5. The Hall–Kier alpha value is -3.76. The van der Waals surface area contributed by atoms with Gasteiger partial charge in [-0.2, -0.15) is 0 Å². The van der Waals surface area contributed by atoms with Crippen LogP contribution in [-0.4, -0.2) is 59.5 Å². The van der Waals surface area contributed by atoms with Gasteiger partial charge in [-0.25, -0.2) is 0 Å². The molecule has 0 N–H and O–H groups in total. The normalized spacial score (nSPS) is 25.0. The molecule has 0 spiro atoms. The fraction of sp³-hybridized carbons (Fsp3) is 0.364. The predicted octanol–water partition coefficient (Wildman–Crippen LogP) is 10.0. The summed E-state index contributed by atoms with van der Waals surface area (Å²) in [4.78, 5) is 52.4. The van der Waals surface area contributed by atoms with E-state index in [1.807, 2.05) is 94.7 Å². The smallest absolute Gasteiger partial charge is 0.252 e. The molecule has 292 valence electrons. The summed E-state index contributed by atoms with van der Waals surface area (Å²) in [5, 5.41) is 2.49. The van der Waals surface area contributed by atoms with E-state index in [1.54, 1.807) is 12.1 Å². The average molecular weight is 837 g/mol.